The maximum Gasteiger partial charge on any atom is 0.257 e. The number of amides is 1. The largest absolute Gasteiger partial charge is 0.338 e. The lowest BCUT2D eigenvalue weighted by Crippen LogP contribution is -2.39. The molecule has 0 bridgehead atoms. The number of rotatable bonds is 5. The molecule has 2 aliphatic rings. The Bertz CT molecular complexity index is 545. The molecule has 1 aromatic rings. The van der Waals surface area contributed by atoms with Gasteiger partial charge < -0.3 is 9.80 Å². The SMILES string of the molecule is CCn1cc(C(=O)N2CCC(C3CCN(CC(C)C)CC3)C2)cn1. The lowest BCUT2D eigenvalue weighted by molar-refractivity contribution is 0.0772. The summed E-state index contributed by atoms with van der Waals surface area (Å²) in [6.45, 7) is 13.0. The first-order valence-corrected chi connectivity index (χ1v) is 9.61. The minimum Gasteiger partial charge on any atom is -0.338 e. The Morgan fingerprint density at radius 2 is 1.92 bits per heavy atom. The Balaban J connectivity index is 1.50. The van der Waals surface area contributed by atoms with Gasteiger partial charge in [0.05, 0.1) is 11.8 Å². The second kappa shape index (κ2) is 7.68. The molecule has 134 valence electrons. The third-order valence-electron chi connectivity index (χ3n) is 5.64. The zero-order valence-electron chi connectivity index (χ0n) is 15.4. The third kappa shape index (κ3) is 4.00. The molecular formula is C19H32N4O. The predicted octanol–water partition coefficient (Wildman–Crippen LogP) is 2.73. The van der Waals surface area contributed by atoms with Crippen LogP contribution in [0.5, 0.6) is 0 Å². The molecule has 3 rings (SSSR count). The van der Waals surface area contributed by atoms with Gasteiger partial charge in [-0.05, 0) is 57.0 Å². The van der Waals surface area contributed by atoms with Gasteiger partial charge in [-0.2, -0.15) is 5.10 Å². The number of piperidine rings is 1. The Labute approximate surface area is 146 Å². The molecule has 1 unspecified atom stereocenters. The van der Waals surface area contributed by atoms with Gasteiger partial charge in [0, 0.05) is 32.4 Å². The van der Waals surface area contributed by atoms with Gasteiger partial charge in [0.25, 0.3) is 5.91 Å². The maximum atomic E-state index is 12.6. The lowest BCUT2D eigenvalue weighted by Gasteiger charge is -2.35. The van der Waals surface area contributed by atoms with Gasteiger partial charge in [-0.15, -0.1) is 0 Å². The van der Waals surface area contributed by atoms with Crippen molar-refractivity contribution in [1.82, 2.24) is 19.6 Å². The summed E-state index contributed by atoms with van der Waals surface area (Å²) in [5, 5.41) is 4.23. The Kier molecular flexibility index (Phi) is 5.59. The van der Waals surface area contributed by atoms with E-state index in [4.69, 9.17) is 0 Å². The van der Waals surface area contributed by atoms with Gasteiger partial charge in [0.2, 0.25) is 0 Å². The number of carbonyl (C=O) groups is 1. The van der Waals surface area contributed by atoms with Crippen molar-refractivity contribution in [3.8, 4) is 0 Å². The summed E-state index contributed by atoms with van der Waals surface area (Å²) >= 11 is 0. The van der Waals surface area contributed by atoms with E-state index in [0.717, 1.165) is 37.0 Å². The minimum atomic E-state index is 0.162. The quantitative estimate of drug-likeness (QED) is 0.832. The summed E-state index contributed by atoms with van der Waals surface area (Å²) in [7, 11) is 0. The molecule has 2 aliphatic heterocycles. The molecule has 1 amide bonds. The first-order chi connectivity index (χ1) is 11.6. The molecule has 2 saturated heterocycles. The van der Waals surface area contributed by atoms with Crippen molar-refractivity contribution in [2.45, 2.75) is 46.6 Å². The first-order valence-electron chi connectivity index (χ1n) is 9.61. The molecule has 2 fully saturated rings. The van der Waals surface area contributed by atoms with Crippen LogP contribution < -0.4 is 0 Å². The molecular weight excluding hydrogens is 300 g/mol. The number of aromatic nitrogens is 2. The van der Waals surface area contributed by atoms with Crippen molar-refractivity contribution in [3.05, 3.63) is 18.0 Å². The summed E-state index contributed by atoms with van der Waals surface area (Å²) in [4.78, 5) is 17.3. The smallest absolute Gasteiger partial charge is 0.257 e. The van der Waals surface area contributed by atoms with Crippen LogP contribution in [-0.4, -0.2) is 58.2 Å². The molecule has 5 heteroatoms. The van der Waals surface area contributed by atoms with Crippen LogP contribution in [0.15, 0.2) is 12.4 Å². The second-order valence-electron chi connectivity index (χ2n) is 7.92. The molecule has 0 aliphatic carbocycles. The van der Waals surface area contributed by atoms with E-state index in [1.54, 1.807) is 6.20 Å². The number of hydrogen-bond donors (Lipinski definition) is 0. The van der Waals surface area contributed by atoms with Gasteiger partial charge in [-0.25, -0.2) is 0 Å². The number of likely N-dealkylation sites (tertiary alicyclic amines) is 2. The van der Waals surface area contributed by atoms with Gasteiger partial charge in [0.1, 0.15) is 0 Å². The lowest BCUT2D eigenvalue weighted by atomic mass is 9.83. The molecule has 24 heavy (non-hydrogen) atoms. The van der Waals surface area contributed by atoms with Crippen molar-refractivity contribution in [2.24, 2.45) is 17.8 Å². The summed E-state index contributed by atoms with van der Waals surface area (Å²) in [6.07, 6.45) is 7.35. The topological polar surface area (TPSA) is 41.4 Å². The molecule has 0 N–H and O–H groups in total. The van der Waals surface area contributed by atoms with E-state index in [0.29, 0.717) is 5.92 Å². The van der Waals surface area contributed by atoms with Crippen molar-refractivity contribution in [3.63, 3.8) is 0 Å². The van der Waals surface area contributed by atoms with E-state index in [1.807, 2.05) is 22.7 Å². The molecule has 5 nitrogen and oxygen atoms in total. The number of carbonyl (C=O) groups excluding carboxylic acids is 1. The fourth-order valence-electron chi connectivity index (χ4n) is 4.31. The van der Waals surface area contributed by atoms with Crippen molar-refractivity contribution in [1.29, 1.82) is 0 Å². The van der Waals surface area contributed by atoms with Crippen LogP contribution >= 0.6 is 0 Å². The molecule has 0 saturated carbocycles. The average Bonchev–Trinajstić information content (AvgIpc) is 3.24. The van der Waals surface area contributed by atoms with Gasteiger partial charge in [0.15, 0.2) is 0 Å². The number of nitrogens with zero attached hydrogens (tertiary/aromatic N) is 4. The second-order valence-corrected chi connectivity index (χ2v) is 7.92. The summed E-state index contributed by atoms with van der Waals surface area (Å²) in [5.74, 6) is 2.40. The maximum absolute atomic E-state index is 12.6. The number of aryl methyl sites for hydroxylation is 1. The summed E-state index contributed by atoms with van der Waals surface area (Å²) in [6, 6.07) is 0. The predicted molar refractivity (Wildman–Crippen MR) is 95.9 cm³/mol. The Morgan fingerprint density at radius 3 is 2.54 bits per heavy atom. The van der Waals surface area contributed by atoms with Crippen molar-refractivity contribution >= 4 is 5.91 Å². The highest BCUT2D eigenvalue weighted by molar-refractivity contribution is 5.93. The fourth-order valence-corrected chi connectivity index (χ4v) is 4.31. The summed E-state index contributed by atoms with van der Waals surface area (Å²) in [5.41, 5.74) is 0.740. The van der Waals surface area contributed by atoms with Gasteiger partial charge >= 0.3 is 0 Å². The van der Waals surface area contributed by atoms with Crippen LogP contribution in [-0.2, 0) is 6.54 Å². The van der Waals surface area contributed by atoms with E-state index in [9.17, 15) is 4.79 Å². The average molecular weight is 332 g/mol. The zero-order chi connectivity index (χ0) is 17.1. The first kappa shape index (κ1) is 17.5. The molecule has 3 heterocycles. The Hall–Kier alpha value is -1.36. The van der Waals surface area contributed by atoms with E-state index in [2.05, 4.69) is 23.8 Å². The Morgan fingerprint density at radius 1 is 1.21 bits per heavy atom. The van der Waals surface area contributed by atoms with Crippen LogP contribution in [0.1, 0.15) is 50.4 Å². The highest BCUT2D eigenvalue weighted by atomic mass is 16.2. The molecule has 1 aromatic heterocycles. The normalized spacial score (nSPS) is 23.3. The minimum absolute atomic E-state index is 0.162. The van der Waals surface area contributed by atoms with Crippen LogP contribution in [0.25, 0.3) is 0 Å². The highest BCUT2D eigenvalue weighted by Crippen LogP contribution is 2.32. The third-order valence-corrected chi connectivity index (χ3v) is 5.64. The van der Waals surface area contributed by atoms with Gasteiger partial charge in [-0.1, -0.05) is 13.8 Å². The van der Waals surface area contributed by atoms with E-state index < -0.39 is 0 Å². The van der Waals surface area contributed by atoms with Crippen LogP contribution in [0.4, 0.5) is 0 Å². The number of hydrogen-bond acceptors (Lipinski definition) is 3. The fraction of sp³-hybridized carbons (Fsp3) is 0.789. The van der Waals surface area contributed by atoms with Crippen LogP contribution in [0, 0.1) is 17.8 Å². The van der Waals surface area contributed by atoms with E-state index >= 15 is 0 Å². The van der Waals surface area contributed by atoms with Crippen LogP contribution in [0.3, 0.4) is 0 Å². The summed E-state index contributed by atoms with van der Waals surface area (Å²) < 4.78 is 1.82. The highest BCUT2D eigenvalue weighted by Gasteiger charge is 2.34. The molecule has 0 spiro atoms. The van der Waals surface area contributed by atoms with E-state index in [1.165, 1.54) is 38.9 Å². The zero-order valence-corrected chi connectivity index (χ0v) is 15.4. The monoisotopic (exact) mass is 332 g/mol. The van der Waals surface area contributed by atoms with Gasteiger partial charge in [-0.3, -0.25) is 9.48 Å². The van der Waals surface area contributed by atoms with Crippen LogP contribution in [0.2, 0.25) is 0 Å². The molecule has 0 aromatic carbocycles. The van der Waals surface area contributed by atoms with E-state index in [-0.39, 0.29) is 5.91 Å². The van der Waals surface area contributed by atoms with Crippen molar-refractivity contribution in [2.75, 3.05) is 32.7 Å². The molecule has 1 atom stereocenters. The van der Waals surface area contributed by atoms with Crippen molar-refractivity contribution < 1.29 is 4.79 Å². The molecule has 0 radical (unpaired) electrons. The standard InChI is InChI=1S/C19H32N4O/c1-4-23-14-18(11-20-23)19(24)22-10-7-17(13-22)16-5-8-21(9-6-16)12-15(2)3/h11,14-17H,4-10,12-13H2,1-3H3.